The fraction of sp³-hybridized carbons (Fsp3) is 0.500. The summed E-state index contributed by atoms with van der Waals surface area (Å²) >= 11 is 1.83. The minimum absolute atomic E-state index is 0.477. The molecule has 0 radical (unpaired) electrons. The lowest BCUT2D eigenvalue weighted by molar-refractivity contribution is 0.353. The zero-order chi connectivity index (χ0) is 13.2. The van der Waals surface area contributed by atoms with Crippen LogP contribution in [0, 0.1) is 6.92 Å². The van der Waals surface area contributed by atoms with Crippen LogP contribution in [0.5, 0.6) is 0 Å². The van der Waals surface area contributed by atoms with Crippen LogP contribution >= 0.6 is 11.8 Å². The molecule has 18 heavy (non-hydrogen) atoms. The second-order valence-corrected chi connectivity index (χ2v) is 7.50. The fourth-order valence-corrected chi connectivity index (χ4v) is 4.05. The van der Waals surface area contributed by atoms with E-state index in [9.17, 15) is 8.42 Å². The van der Waals surface area contributed by atoms with Crippen molar-refractivity contribution in [1.82, 2.24) is 4.31 Å². The molecule has 1 aromatic rings. The van der Waals surface area contributed by atoms with Crippen molar-refractivity contribution >= 4 is 22.0 Å². The molecule has 0 bridgehead atoms. The molecule has 1 aliphatic rings. The van der Waals surface area contributed by atoms with E-state index < -0.39 is 10.2 Å². The van der Waals surface area contributed by atoms with Crippen molar-refractivity contribution < 1.29 is 8.42 Å². The predicted molar refractivity (Wildman–Crippen MR) is 74.7 cm³/mol. The van der Waals surface area contributed by atoms with Crippen LogP contribution < -0.4 is 5.14 Å². The molecule has 0 unspecified atom stereocenters. The predicted octanol–water partition coefficient (Wildman–Crippen LogP) is 1.76. The number of piperidine rings is 1. The van der Waals surface area contributed by atoms with Gasteiger partial charge in [0, 0.05) is 23.2 Å². The van der Waals surface area contributed by atoms with Gasteiger partial charge in [-0.15, -0.1) is 11.8 Å². The van der Waals surface area contributed by atoms with Gasteiger partial charge in [0.05, 0.1) is 0 Å². The maximum atomic E-state index is 11.2. The monoisotopic (exact) mass is 286 g/mol. The van der Waals surface area contributed by atoms with Crippen molar-refractivity contribution in [3.63, 3.8) is 0 Å². The lowest BCUT2D eigenvalue weighted by atomic mass is 10.2. The molecular formula is C12H18N2O2S2. The number of hydrogen-bond donors (Lipinski definition) is 1. The molecule has 4 nitrogen and oxygen atoms in total. The van der Waals surface area contributed by atoms with Crippen LogP contribution in [0.3, 0.4) is 0 Å². The van der Waals surface area contributed by atoms with E-state index in [-0.39, 0.29) is 0 Å². The van der Waals surface area contributed by atoms with Crippen molar-refractivity contribution in [3.05, 3.63) is 29.8 Å². The first kappa shape index (κ1) is 13.9. The van der Waals surface area contributed by atoms with Crippen LogP contribution in [-0.4, -0.2) is 31.1 Å². The second kappa shape index (κ2) is 5.61. The molecule has 1 aromatic carbocycles. The van der Waals surface area contributed by atoms with E-state index in [1.807, 2.05) is 11.8 Å². The van der Waals surface area contributed by atoms with E-state index in [0.717, 1.165) is 12.8 Å². The SMILES string of the molecule is Cc1cccc(SC2CCN(S(N)(=O)=O)CC2)c1. The van der Waals surface area contributed by atoms with Gasteiger partial charge in [-0.2, -0.15) is 12.7 Å². The minimum Gasteiger partial charge on any atom is -0.216 e. The summed E-state index contributed by atoms with van der Waals surface area (Å²) in [4.78, 5) is 1.25. The molecule has 0 saturated carbocycles. The van der Waals surface area contributed by atoms with Gasteiger partial charge in [0.1, 0.15) is 0 Å². The Balaban J connectivity index is 1.91. The fourth-order valence-electron chi connectivity index (χ4n) is 2.09. The molecule has 0 amide bonds. The van der Waals surface area contributed by atoms with Crippen LogP contribution in [0.2, 0.25) is 0 Å². The first-order valence-corrected chi connectivity index (χ1v) is 8.34. The molecule has 1 aliphatic heterocycles. The molecule has 2 rings (SSSR count). The third kappa shape index (κ3) is 3.71. The number of aryl methyl sites for hydroxylation is 1. The number of benzene rings is 1. The van der Waals surface area contributed by atoms with Crippen LogP contribution in [0.1, 0.15) is 18.4 Å². The van der Waals surface area contributed by atoms with Crippen molar-refractivity contribution in [2.75, 3.05) is 13.1 Å². The zero-order valence-corrected chi connectivity index (χ0v) is 12.0. The molecule has 1 saturated heterocycles. The van der Waals surface area contributed by atoms with Crippen molar-refractivity contribution in [1.29, 1.82) is 0 Å². The largest absolute Gasteiger partial charge is 0.276 e. The van der Waals surface area contributed by atoms with Gasteiger partial charge in [0.15, 0.2) is 0 Å². The van der Waals surface area contributed by atoms with Crippen LogP contribution in [0.25, 0.3) is 0 Å². The summed E-state index contributed by atoms with van der Waals surface area (Å²) in [6.45, 7) is 3.14. The highest BCUT2D eigenvalue weighted by Gasteiger charge is 2.25. The summed E-state index contributed by atoms with van der Waals surface area (Å²) in [5.41, 5.74) is 1.25. The number of hydrogen-bond acceptors (Lipinski definition) is 3. The van der Waals surface area contributed by atoms with E-state index in [2.05, 4.69) is 31.2 Å². The lowest BCUT2D eigenvalue weighted by Gasteiger charge is -2.29. The highest BCUT2D eigenvalue weighted by atomic mass is 32.2. The molecular weight excluding hydrogens is 268 g/mol. The standard InChI is InChI=1S/C12H18N2O2S2/c1-10-3-2-4-12(9-10)17-11-5-7-14(8-6-11)18(13,15)16/h2-4,9,11H,5-8H2,1H3,(H2,13,15,16). The topological polar surface area (TPSA) is 63.4 Å². The summed E-state index contributed by atoms with van der Waals surface area (Å²) < 4.78 is 23.7. The maximum Gasteiger partial charge on any atom is 0.276 e. The smallest absolute Gasteiger partial charge is 0.216 e. The van der Waals surface area contributed by atoms with Crippen molar-refractivity contribution in [3.8, 4) is 0 Å². The Morgan fingerprint density at radius 1 is 1.33 bits per heavy atom. The molecule has 0 aromatic heterocycles. The molecule has 0 atom stereocenters. The molecule has 0 aliphatic carbocycles. The van der Waals surface area contributed by atoms with Gasteiger partial charge in [-0.3, -0.25) is 0 Å². The Morgan fingerprint density at radius 2 is 2.00 bits per heavy atom. The Labute approximate surface area is 113 Å². The Hall–Kier alpha value is -0.560. The summed E-state index contributed by atoms with van der Waals surface area (Å²) in [5.74, 6) is 0. The summed E-state index contributed by atoms with van der Waals surface area (Å²) in [6, 6.07) is 8.39. The highest BCUT2D eigenvalue weighted by molar-refractivity contribution is 8.00. The molecule has 100 valence electrons. The summed E-state index contributed by atoms with van der Waals surface area (Å²) in [7, 11) is -3.50. The van der Waals surface area contributed by atoms with Crippen LogP contribution in [0.15, 0.2) is 29.2 Å². The molecule has 2 N–H and O–H groups in total. The summed E-state index contributed by atoms with van der Waals surface area (Å²) in [6.07, 6.45) is 1.71. The normalized spacial score (nSPS) is 19.0. The van der Waals surface area contributed by atoms with Gasteiger partial charge in [0.25, 0.3) is 10.2 Å². The van der Waals surface area contributed by atoms with Crippen LogP contribution in [-0.2, 0) is 10.2 Å². The summed E-state index contributed by atoms with van der Waals surface area (Å²) in [5, 5.41) is 5.60. The molecule has 1 fully saturated rings. The number of nitrogens with zero attached hydrogens (tertiary/aromatic N) is 1. The van der Waals surface area contributed by atoms with Gasteiger partial charge in [-0.05, 0) is 31.9 Å². The average molecular weight is 286 g/mol. The Morgan fingerprint density at radius 3 is 2.56 bits per heavy atom. The Bertz CT molecular complexity index is 509. The van der Waals surface area contributed by atoms with E-state index in [1.54, 1.807) is 0 Å². The minimum atomic E-state index is -3.50. The number of nitrogens with two attached hydrogens (primary N) is 1. The van der Waals surface area contributed by atoms with Gasteiger partial charge in [0.2, 0.25) is 0 Å². The molecule has 6 heteroatoms. The quantitative estimate of drug-likeness (QED) is 0.921. The van der Waals surface area contributed by atoms with E-state index >= 15 is 0 Å². The number of thioether (sulfide) groups is 1. The number of rotatable bonds is 3. The zero-order valence-electron chi connectivity index (χ0n) is 10.4. The lowest BCUT2D eigenvalue weighted by Crippen LogP contribution is -2.42. The molecule has 0 spiro atoms. The molecule has 1 heterocycles. The van der Waals surface area contributed by atoms with Gasteiger partial charge in [-0.1, -0.05) is 17.7 Å². The first-order valence-electron chi connectivity index (χ1n) is 5.96. The average Bonchev–Trinajstić information content (AvgIpc) is 2.28. The van der Waals surface area contributed by atoms with Crippen molar-refractivity contribution in [2.24, 2.45) is 5.14 Å². The third-order valence-corrected chi connectivity index (χ3v) is 5.47. The van der Waals surface area contributed by atoms with E-state index in [4.69, 9.17) is 5.14 Å². The van der Waals surface area contributed by atoms with E-state index in [1.165, 1.54) is 14.8 Å². The van der Waals surface area contributed by atoms with Crippen molar-refractivity contribution in [2.45, 2.75) is 29.9 Å². The van der Waals surface area contributed by atoms with Crippen LogP contribution in [0.4, 0.5) is 0 Å². The van der Waals surface area contributed by atoms with Gasteiger partial charge >= 0.3 is 0 Å². The van der Waals surface area contributed by atoms with Gasteiger partial charge < -0.3 is 0 Å². The van der Waals surface area contributed by atoms with Gasteiger partial charge in [-0.25, -0.2) is 5.14 Å². The maximum absolute atomic E-state index is 11.2. The third-order valence-electron chi connectivity index (χ3n) is 3.05. The first-order chi connectivity index (χ1) is 8.45. The van der Waals surface area contributed by atoms with E-state index in [0.29, 0.717) is 18.3 Å². The second-order valence-electron chi connectivity index (χ2n) is 4.58. The Kier molecular flexibility index (Phi) is 4.32. The highest BCUT2D eigenvalue weighted by Crippen LogP contribution is 2.31.